The molecule has 0 aliphatic rings. The molecule has 0 radical (unpaired) electrons. The van der Waals surface area contributed by atoms with Gasteiger partial charge in [0.15, 0.2) is 0 Å². The van der Waals surface area contributed by atoms with Crippen molar-refractivity contribution in [2.45, 2.75) is 38.9 Å². The average Bonchev–Trinajstić information content (AvgIpc) is 3.24. The molecule has 0 saturated heterocycles. The van der Waals surface area contributed by atoms with Crippen LogP contribution in [-0.4, -0.2) is 15.7 Å². The third-order valence-corrected chi connectivity index (χ3v) is 6.91. The highest BCUT2D eigenvalue weighted by atomic mass is 32.1. The van der Waals surface area contributed by atoms with Crippen molar-refractivity contribution in [3.05, 3.63) is 104 Å². The van der Waals surface area contributed by atoms with E-state index in [2.05, 4.69) is 9.83 Å². The van der Waals surface area contributed by atoms with E-state index in [9.17, 15) is 26.7 Å². The highest BCUT2D eigenvalue weighted by molar-refractivity contribution is 7.11. The minimum atomic E-state index is -6.00. The van der Waals surface area contributed by atoms with E-state index >= 15 is 0 Å². The van der Waals surface area contributed by atoms with Crippen LogP contribution < -0.4 is 10.3 Å². The van der Waals surface area contributed by atoms with Crippen molar-refractivity contribution in [2.75, 3.05) is 0 Å². The van der Waals surface area contributed by atoms with Crippen LogP contribution in [0.1, 0.15) is 28.1 Å². The van der Waals surface area contributed by atoms with E-state index in [0.717, 1.165) is 14.5 Å². The summed E-state index contributed by atoms with van der Waals surface area (Å²) in [6.45, 7) is 10.7. The van der Waals surface area contributed by atoms with Crippen LogP contribution in [0.2, 0.25) is 0 Å². The van der Waals surface area contributed by atoms with Gasteiger partial charge in [0.2, 0.25) is 0 Å². The van der Waals surface area contributed by atoms with Crippen LogP contribution in [0.15, 0.2) is 65.5 Å². The van der Waals surface area contributed by atoms with Crippen molar-refractivity contribution in [1.29, 1.82) is 0 Å². The average molecular weight is 546 g/mol. The lowest BCUT2D eigenvalue weighted by Gasteiger charge is -2.23. The molecule has 38 heavy (non-hydrogen) atoms. The molecule has 0 atom stereocenters. The second-order valence-corrected chi connectivity index (χ2v) is 9.56. The van der Waals surface area contributed by atoms with Crippen molar-refractivity contribution in [1.82, 2.24) is 9.55 Å². The van der Waals surface area contributed by atoms with Gasteiger partial charge in [-0.1, -0.05) is 25.1 Å². The summed E-state index contributed by atoms with van der Waals surface area (Å²) in [4.78, 5) is 21.3. The molecule has 0 N–H and O–H groups in total. The number of benzene rings is 2. The van der Waals surface area contributed by atoms with E-state index in [0.29, 0.717) is 29.7 Å². The fourth-order valence-electron chi connectivity index (χ4n) is 3.79. The second kappa shape index (κ2) is 10.4. The van der Waals surface area contributed by atoms with Crippen molar-refractivity contribution >= 4 is 17.0 Å². The Bertz CT molecular complexity index is 1550. The summed E-state index contributed by atoms with van der Waals surface area (Å²) in [5, 5.41) is 0.778. The molecule has 0 unspecified atom stereocenters. The molecule has 0 amide bonds. The Balaban J connectivity index is 1.89. The maximum absolute atomic E-state index is 14.5. The topological polar surface area (TPSA) is 48.5 Å². The van der Waals surface area contributed by atoms with E-state index in [-0.39, 0.29) is 17.8 Å². The number of ether oxygens (including phenoxy) is 1. The fraction of sp³-hybridized carbons (Fsp3) is 0.222. The number of rotatable bonds is 7. The zero-order valence-corrected chi connectivity index (χ0v) is 21.0. The van der Waals surface area contributed by atoms with Crippen molar-refractivity contribution in [2.24, 2.45) is 0 Å². The molecule has 196 valence electrons. The molecule has 4 aromatic rings. The molecule has 11 heteroatoms. The van der Waals surface area contributed by atoms with Crippen LogP contribution in [0.25, 0.3) is 16.1 Å². The molecule has 2 heterocycles. The van der Waals surface area contributed by atoms with E-state index in [1.807, 2.05) is 13.0 Å². The first-order valence-electron chi connectivity index (χ1n) is 11.3. The lowest BCUT2D eigenvalue weighted by molar-refractivity contribution is -0.289. The van der Waals surface area contributed by atoms with E-state index in [1.165, 1.54) is 35.6 Å². The Labute approximate surface area is 218 Å². The van der Waals surface area contributed by atoms with Crippen LogP contribution in [0.3, 0.4) is 0 Å². The molecule has 0 aliphatic heterocycles. The molecule has 5 nitrogen and oxygen atoms in total. The Morgan fingerprint density at radius 2 is 1.66 bits per heavy atom. The van der Waals surface area contributed by atoms with Crippen LogP contribution in [0.4, 0.5) is 27.6 Å². The summed E-state index contributed by atoms with van der Waals surface area (Å²) in [6, 6.07) is 15.3. The lowest BCUT2D eigenvalue weighted by atomic mass is 10.0. The van der Waals surface area contributed by atoms with E-state index in [1.54, 1.807) is 31.2 Å². The first-order valence-corrected chi connectivity index (χ1v) is 12.2. The predicted octanol–water partition coefficient (Wildman–Crippen LogP) is 7.89. The lowest BCUT2D eigenvalue weighted by Crippen LogP contribution is -2.36. The number of alkyl halides is 5. The van der Waals surface area contributed by atoms with E-state index < -0.39 is 28.9 Å². The van der Waals surface area contributed by atoms with Gasteiger partial charge in [-0.25, -0.2) is 9.83 Å². The van der Waals surface area contributed by atoms with Crippen molar-refractivity contribution in [3.63, 3.8) is 0 Å². The smallest absolute Gasteiger partial charge is 0.456 e. The Morgan fingerprint density at radius 1 is 1.03 bits per heavy atom. The zero-order chi connectivity index (χ0) is 27.7. The van der Waals surface area contributed by atoms with Gasteiger partial charge in [-0.05, 0) is 61.4 Å². The summed E-state index contributed by atoms with van der Waals surface area (Å²) in [7, 11) is 0. The highest BCUT2D eigenvalue weighted by Gasteiger charge is 2.60. The van der Waals surface area contributed by atoms with Crippen LogP contribution in [0.5, 0.6) is 11.5 Å². The molecule has 0 aliphatic carbocycles. The fourth-order valence-corrected chi connectivity index (χ4v) is 4.67. The minimum Gasteiger partial charge on any atom is -0.457 e. The normalized spacial score (nSPS) is 11.8. The summed E-state index contributed by atoms with van der Waals surface area (Å²) in [5.74, 6) is -4.49. The van der Waals surface area contributed by atoms with Crippen molar-refractivity contribution in [3.8, 4) is 22.8 Å². The van der Waals surface area contributed by atoms with E-state index in [4.69, 9.17) is 11.3 Å². The Kier molecular flexibility index (Phi) is 7.37. The predicted molar refractivity (Wildman–Crippen MR) is 134 cm³/mol. The zero-order valence-electron chi connectivity index (χ0n) is 20.1. The van der Waals surface area contributed by atoms with Gasteiger partial charge >= 0.3 is 12.1 Å². The number of hydrogen-bond donors (Lipinski definition) is 0. The number of nitrogens with zero attached hydrogens (tertiary/aromatic N) is 3. The molecule has 0 saturated carbocycles. The van der Waals surface area contributed by atoms with Crippen LogP contribution in [0, 0.1) is 13.5 Å². The Morgan fingerprint density at radius 3 is 2.21 bits per heavy atom. The van der Waals surface area contributed by atoms with Gasteiger partial charge < -0.3 is 9.30 Å². The summed E-state index contributed by atoms with van der Waals surface area (Å²) < 4.78 is 75.7. The van der Waals surface area contributed by atoms with Gasteiger partial charge in [-0.15, -0.1) is 11.3 Å². The van der Waals surface area contributed by atoms with Gasteiger partial charge in [0.25, 0.3) is 11.2 Å². The third-order valence-electron chi connectivity index (χ3n) is 5.76. The van der Waals surface area contributed by atoms with Crippen molar-refractivity contribution < 1.29 is 26.7 Å². The molecule has 2 aromatic heterocycles. The van der Waals surface area contributed by atoms with Gasteiger partial charge in [0, 0.05) is 16.1 Å². The van der Waals surface area contributed by atoms with Gasteiger partial charge in [0.1, 0.15) is 11.5 Å². The van der Waals surface area contributed by atoms with Gasteiger partial charge in [-0.3, -0.25) is 4.79 Å². The number of aromatic nitrogens is 2. The molecule has 0 bridgehead atoms. The molecule has 0 spiro atoms. The molecule has 2 aromatic carbocycles. The first kappa shape index (κ1) is 27.0. The number of para-hydroxylation sites is 1. The Hall–Kier alpha value is -4.04. The minimum absolute atomic E-state index is 0.182. The number of hydrogen-bond acceptors (Lipinski definition) is 4. The standard InChI is InChI=1S/C27H20F5N3O2S/c1-4-23-34-21(16(2)38-23)15-35-22(14-20(24(33-3)25(35)36)26(28,29)27(30,31)32)17-10-12-19(13-11-17)37-18-8-6-5-7-9-18/h5-14H,4,15H2,1-2H3. The number of aryl methyl sites for hydroxylation is 2. The molecule has 0 fully saturated rings. The summed E-state index contributed by atoms with van der Waals surface area (Å²) >= 11 is 1.39. The van der Waals surface area contributed by atoms with Gasteiger partial charge in [-0.2, -0.15) is 22.0 Å². The number of halogens is 5. The SMILES string of the molecule is [C-]#[N+]c1c(C(F)(F)C(F)(F)F)cc(-c2ccc(Oc3ccccc3)cc2)n(Cc2nc(CC)sc2C)c1=O. The van der Waals surface area contributed by atoms with Crippen LogP contribution >= 0.6 is 11.3 Å². The highest BCUT2D eigenvalue weighted by Crippen LogP contribution is 2.47. The second-order valence-electron chi connectivity index (χ2n) is 8.27. The monoisotopic (exact) mass is 545 g/mol. The summed E-state index contributed by atoms with van der Waals surface area (Å²) in [5.41, 5.74) is -3.80. The third kappa shape index (κ3) is 5.17. The number of pyridine rings is 1. The maximum atomic E-state index is 14.5. The molecular weight excluding hydrogens is 525 g/mol. The summed E-state index contributed by atoms with van der Waals surface area (Å²) in [6.07, 6.45) is -5.38. The molecule has 4 rings (SSSR count). The van der Waals surface area contributed by atoms with Gasteiger partial charge in [0.05, 0.1) is 23.8 Å². The quantitative estimate of drug-likeness (QED) is 0.175. The molecular formula is C27H20F5N3O2S. The first-order chi connectivity index (χ1) is 18.0. The van der Waals surface area contributed by atoms with Crippen LogP contribution in [-0.2, 0) is 18.9 Å². The number of thiazole rings is 1. The largest absolute Gasteiger partial charge is 0.457 e. The maximum Gasteiger partial charge on any atom is 0.456 e.